The molecule has 0 amide bonds. The quantitative estimate of drug-likeness (QED) is 0.657. The van der Waals surface area contributed by atoms with E-state index in [2.05, 4.69) is 49.2 Å². The maximum atomic E-state index is 6.13. The number of nitrogens with zero attached hydrogens (tertiary/aromatic N) is 3. The summed E-state index contributed by atoms with van der Waals surface area (Å²) >= 11 is 6.13. The Labute approximate surface area is 100 Å². The molecule has 0 aliphatic carbocycles. The van der Waals surface area contributed by atoms with Gasteiger partial charge in [0.1, 0.15) is 17.1 Å². The SMILES string of the molecule is Cc1c(C)n(C(C)(C)C)c2ncnc(Cl)c12. The summed E-state index contributed by atoms with van der Waals surface area (Å²) in [5.74, 6) is 0. The van der Waals surface area contributed by atoms with Crippen LogP contribution in [-0.2, 0) is 5.54 Å². The van der Waals surface area contributed by atoms with E-state index in [1.807, 2.05) is 0 Å². The third-order valence-electron chi connectivity index (χ3n) is 2.92. The Bertz CT molecular complexity index is 549. The van der Waals surface area contributed by atoms with Crippen LogP contribution in [0.1, 0.15) is 32.0 Å². The molecule has 0 radical (unpaired) electrons. The van der Waals surface area contributed by atoms with Crippen LogP contribution in [0.4, 0.5) is 0 Å². The van der Waals surface area contributed by atoms with E-state index in [0.29, 0.717) is 5.15 Å². The lowest BCUT2D eigenvalue weighted by molar-refractivity contribution is 0.400. The van der Waals surface area contributed by atoms with Crippen molar-refractivity contribution in [3.8, 4) is 0 Å². The molecular formula is C12H16ClN3. The van der Waals surface area contributed by atoms with E-state index in [0.717, 1.165) is 16.6 Å². The third-order valence-corrected chi connectivity index (χ3v) is 3.20. The molecule has 0 saturated carbocycles. The molecule has 2 aromatic heterocycles. The summed E-state index contributed by atoms with van der Waals surface area (Å²) in [5, 5.41) is 1.50. The molecule has 0 aliphatic rings. The molecule has 0 unspecified atom stereocenters. The van der Waals surface area contributed by atoms with E-state index in [1.54, 1.807) is 0 Å². The van der Waals surface area contributed by atoms with E-state index < -0.39 is 0 Å². The third kappa shape index (κ3) is 1.50. The zero-order chi connectivity index (χ0) is 12.1. The fraction of sp³-hybridized carbons (Fsp3) is 0.500. The first-order valence-corrected chi connectivity index (χ1v) is 5.70. The van der Waals surface area contributed by atoms with Gasteiger partial charge in [0.2, 0.25) is 0 Å². The molecule has 2 heterocycles. The normalized spacial score (nSPS) is 12.4. The number of fused-ring (bicyclic) bond motifs is 1. The number of aryl methyl sites for hydroxylation is 1. The van der Waals surface area contributed by atoms with Gasteiger partial charge in [0, 0.05) is 11.2 Å². The number of halogens is 1. The first kappa shape index (κ1) is 11.4. The zero-order valence-corrected chi connectivity index (χ0v) is 11.1. The van der Waals surface area contributed by atoms with Crippen LogP contribution in [0.5, 0.6) is 0 Å². The van der Waals surface area contributed by atoms with Crippen LogP contribution in [0.15, 0.2) is 6.33 Å². The van der Waals surface area contributed by atoms with E-state index in [4.69, 9.17) is 11.6 Å². The van der Waals surface area contributed by atoms with Gasteiger partial charge in [-0.3, -0.25) is 0 Å². The van der Waals surface area contributed by atoms with E-state index in [1.165, 1.54) is 12.0 Å². The minimum atomic E-state index is -0.00568. The van der Waals surface area contributed by atoms with Crippen LogP contribution in [0.2, 0.25) is 5.15 Å². The molecule has 16 heavy (non-hydrogen) atoms. The van der Waals surface area contributed by atoms with Gasteiger partial charge in [0.15, 0.2) is 0 Å². The van der Waals surface area contributed by atoms with Crippen LogP contribution in [0, 0.1) is 13.8 Å². The minimum Gasteiger partial charge on any atom is -0.324 e. The van der Waals surface area contributed by atoms with Gasteiger partial charge in [0.25, 0.3) is 0 Å². The van der Waals surface area contributed by atoms with Gasteiger partial charge < -0.3 is 4.57 Å². The fourth-order valence-corrected chi connectivity index (χ4v) is 2.45. The van der Waals surface area contributed by atoms with E-state index in [-0.39, 0.29) is 5.54 Å². The summed E-state index contributed by atoms with van der Waals surface area (Å²) in [6.45, 7) is 10.6. The van der Waals surface area contributed by atoms with Crippen molar-refractivity contribution in [3.05, 3.63) is 22.7 Å². The van der Waals surface area contributed by atoms with Gasteiger partial charge in [-0.1, -0.05) is 11.6 Å². The van der Waals surface area contributed by atoms with Gasteiger partial charge in [-0.05, 0) is 40.2 Å². The summed E-state index contributed by atoms with van der Waals surface area (Å²) in [4.78, 5) is 8.40. The summed E-state index contributed by atoms with van der Waals surface area (Å²) in [5.41, 5.74) is 3.27. The Morgan fingerprint density at radius 3 is 2.38 bits per heavy atom. The van der Waals surface area contributed by atoms with Crippen LogP contribution in [-0.4, -0.2) is 14.5 Å². The molecule has 0 atom stereocenters. The Hall–Kier alpha value is -1.09. The summed E-state index contributed by atoms with van der Waals surface area (Å²) in [7, 11) is 0. The zero-order valence-electron chi connectivity index (χ0n) is 10.3. The smallest absolute Gasteiger partial charge is 0.145 e. The maximum Gasteiger partial charge on any atom is 0.145 e. The second kappa shape index (κ2) is 3.45. The maximum absolute atomic E-state index is 6.13. The van der Waals surface area contributed by atoms with Crippen molar-refractivity contribution in [2.75, 3.05) is 0 Å². The number of hydrogen-bond donors (Lipinski definition) is 0. The average Bonchev–Trinajstić information content (AvgIpc) is 2.39. The summed E-state index contributed by atoms with van der Waals surface area (Å²) in [6, 6.07) is 0. The fourth-order valence-electron chi connectivity index (χ4n) is 2.18. The molecule has 0 bridgehead atoms. The van der Waals surface area contributed by atoms with Gasteiger partial charge in [-0.2, -0.15) is 0 Å². The highest BCUT2D eigenvalue weighted by Crippen LogP contribution is 2.32. The van der Waals surface area contributed by atoms with E-state index >= 15 is 0 Å². The van der Waals surface area contributed by atoms with Gasteiger partial charge in [0.05, 0.1) is 5.39 Å². The Kier molecular flexibility index (Phi) is 2.46. The average molecular weight is 238 g/mol. The predicted octanol–water partition coefficient (Wildman–Crippen LogP) is 3.46. The molecule has 2 aromatic rings. The van der Waals surface area contributed by atoms with Crippen molar-refractivity contribution >= 4 is 22.6 Å². The lowest BCUT2D eigenvalue weighted by Gasteiger charge is -2.24. The van der Waals surface area contributed by atoms with Crippen molar-refractivity contribution in [2.24, 2.45) is 0 Å². The number of aromatic nitrogens is 3. The van der Waals surface area contributed by atoms with Crippen molar-refractivity contribution in [1.82, 2.24) is 14.5 Å². The van der Waals surface area contributed by atoms with Gasteiger partial charge in [-0.15, -0.1) is 0 Å². The van der Waals surface area contributed by atoms with Gasteiger partial charge >= 0.3 is 0 Å². The number of hydrogen-bond acceptors (Lipinski definition) is 2. The van der Waals surface area contributed by atoms with Crippen molar-refractivity contribution in [3.63, 3.8) is 0 Å². The molecule has 86 valence electrons. The summed E-state index contributed by atoms with van der Waals surface area (Å²) < 4.78 is 2.21. The monoisotopic (exact) mass is 237 g/mol. The molecule has 0 N–H and O–H groups in total. The predicted molar refractivity (Wildman–Crippen MR) is 67.0 cm³/mol. The summed E-state index contributed by atoms with van der Waals surface area (Å²) in [6.07, 6.45) is 1.52. The highest BCUT2D eigenvalue weighted by Gasteiger charge is 2.23. The molecule has 4 heteroatoms. The molecule has 3 nitrogen and oxygen atoms in total. The van der Waals surface area contributed by atoms with Crippen molar-refractivity contribution < 1.29 is 0 Å². The molecule has 0 aromatic carbocycles. The highest BCUT2D eigenvalue weighted by molar-refractivity contribution is 6.34. The van der Waals surface area contributed by atoms with Crippen LogP contribution < -0.4 is 0 Å². The van der Waals surface area contributed by atoms with Crippen LogP contribution in [0.3, 0.4) is 0 Å². The molecule has 0 aliphatic heterocycles. The lowest BCUT2D eigenvalue weighted by Crippen LogP contribution is -2.23. The van der Waals surface area contributed by atoms with Crippen molar-refractivity contribution in [2.45, 2.75) is 40.2 Å². The topological polar surface area (TPSA) is 30.7 Å². The standard InChI is InChI=1S/C12H16ClN3/c1-7-8(2)16(12(3,4)5)11-9(7)10(13)14-6-15-11/h6H,1-5H3. The Balaban J connectivity index is 2.96. The van der Waals surface area contributed by atoms with Gasteiger partial charge in [-0.25, -0.2) is 9.97 Å². The molecule has 0 spiro atoms. The molecule has 0 saturated heterocycles. The lowest BCUT2D eigenvalue weighted by atomic mass is 10.1. The highest BCUT2D eigenvalue weighted by atomic mass is 35.5. The largest absolute Gasteiger partial charge is 0.324 e. The Morgan fingerprint density at radius 1 is 1.19 bits per heavy atom. The second-order valence-corrected chi connectivity index (χ2v) is 5.44. The molecular weight excluding hydrogens is 222 g/mol. The molecule has 0 fully saturated rings. The van der Waals surface area contributed by atoms with E-state index in [9.17, 15) is 0 Å². The van der Waals surface area contributed by atoms with Crippen molar-refractivity contribution in [1.29, 1.82) is 0 Å². The van der Waals surface area contributed by atoms with Crippen LogP contribution >= 0.6 is 11.6 Å². The molecule has 2 rings (SSSR count). The first-order valence-electron chi connectivity index (χ1n) is 5.32. The second-order valence-electron chi connectivity index (χ2n) is 5.08. The number of rotatable bonds is 0. The first-order chi connectivity index (χ1) is 7.34. The van der Waals surface area contributed by atoms with Crippen LogP contribution in [0.25, 0.3) is 11.0 Å². The Morgan fingerprint density at radius 2 is 1.81 bits per heavy atom. The minimum absolute atomic E-state index is 0.00568.